The van der Waals surface area contributed by atoms with Gasteiger partial charge >= 0.3 is 0 Å². The SMILES string of the molecule is Cc1cccc(CN(C)CCCC(C)(C)C(N)=S)c1. The Morgan fingerprint density at radius 3 is 2.63 bits per heavy atom. The first-order valence-corrected chi connectivity index (χ1v) is 7.26. The fourth-order valence-electron chi connectivity index (χ4n) is 2.12. The molecule has 2 N–H and O–H groups in total. The minimum atomic E-state index is -0.0283. The van der Waals surface area contributed by atoms with Gasteiger partial charge < -0.3 is 10.6 Å². The first-order chi connectivity index (χ1) is 8.81. The number of hydrogen-bond donors (Lipinski definition) is 1. The molecule has 0 unspecified atom stereocenters. The fourth-order valence-corrected chi connectivity index (χ4v) is 2.22. The molecule has 0 aromatic heterocycles. The molecule has 0 bridgehead atoms. The second-order valence-corrected chi connectivity index (χ2v) is 6.52. The number of benzene rings is 1. The summed E-state index contributed by atoms with van der Waals surface area (Å²) >= 11 is 5.09. The van der Waals surface area contributed by atoms with Crippen LogP contribution in [-0.2, 0) is 6.54 Å². The van der Waals surface area contributed by atoms with Gasteiger partial charge in [-0.25, -0.2) is 0 Å². The van der Waals surface area contributed by atoms with Gasteiger partial charge in [0, 0.05) is 12.0 Å². The van der Waals surface area contributed by atoms with Gasteiger partial charge in [-0.15, -0.1) is 0 Å². The van der Waals surface area contributed by atoms with E-state index in [9.17, 15) is 0 Å². The molecule has 0 radical (unpaired) electrons. The Morgan fingerprint density at radius 2 is 2.05 bits per heavy atom. The van der Waals surface area contributed by atoms with Crippen LogP contribution in [0.4, 0.5) is 0 Å². The average Bonchev–Trinajstić information content (AvgIpc) is 2.28. The van der Waals surface area contributed by atoms with Gasteiger partial charge in [0.2, 0.25) is 0 Å². The van der Waals surface area contributed by atoms with E-state index in [2.05, 4.69) is 57.0 Å². The predicted molar refractivity (Wildman–Crippen MR) is 87.3 cm³/mol. The van der Waals surface area contributed by atoms with E-state index in [1.807, 2.05) is 0 Å². The predicted octanol–water partition coefficient (Wildman–Crippen LogP) is 3.52. The zero-order valence-corrected chi connectivity index (χ0v) is 13.4. The third-order valence-electron chi connectivity index (χ3n) is 3.54. The maximum Gasteiger partial charge on any atom is 0.0784 e. The molecule has 106 valence electrons. The lowest BCUT2D eigenvalue weighted by Gasteiger charge is -2.24. The Hall–Kier alpha value is -0.930. The van der Waals surface area contributed by atoms with Crippen LogP contribution in [-0.4, -0.2) is 23.5 Å². The number of aryl methyl sites for hydroxylation is 1. The highest BCUT2D eigenvalue weighted by Gasteiger charge is 2.20. The summed E-state index contributed by atoms with van der Waals surface area (Å²) in [6.45, 7) is 8.44. The zero-order chi connectivity index (χ0) is 14.5. The molecule has 0 saturated heterocycles. The molecule has 1 aromatic carbocycles. The van der Waals surface area contributed by atoms with Gasteiger partial charge in [0.25, 0.3) is 0 Å². The van der Waals surface area contributed by atoms with Crippen LogP contribution < -0.4 is 5.73 Å². The maximum absolute atomic E-state index is 5.75. The van der Waals surface area contributed by atoms with E-state index in [1.165, 1.54) is 11.1 Å². The summed E-state index contributed by atoms with van der Waals surface area (Å²) in [4.78, 5) is 2.97. The molecule has 0 heterocycles. The smallest absolute Gasteiger partial charge is 0.0784 e. The van der Waals surface area contributed by atoms with Crippen molar-refractivity contribution in [1.29, 1.82) is 0 Å². The topological polar surface area (TPSA) is 29.3 Å². The van der Waals surface area contributed by atoms with Gasteiger partial charge in [0.05, 0.1) is 4.99 Å². The van der Waals surface area contributed by atoms with Gasteiger partial charge in [0.1, 0.15) is 0 Å². The van der Waals surface area contributed by atoms with Gasteiger partial charge in [0.15, 0.2) is 0 Å². The molecule has 1 rings (SSSR count). The van der Waals surface area contributed by atoms with Gasteiger partial charge in [-0.1, -0.05) is 55.9 Å². The Bertz CT molecular complexity index is 427. The maximum atomic E-state index is 5.75. The Kier molecular flexibility index (Phi) is 5.95. The number of nitrogens with two attached hydrogens (primary N) is 1. The van der Waals surface area contributed by atoms with Crippen molar-refractivity contribution in [3.05, 3.63) is 35.4 Å². The summed E-state index contributed by atoms with van der Waals surface area (Å²) < 4.78 is 0. The minimum Gasteiger partial charge on any atom is -0.393 e. The lowest BCUT2D eigenvalue weighted by molar-refractivity contribution is 0.301. The van der Waals surface area contributed by atoms with Crippen LogP contribution in [0.3, 0.4) is 0 Å². The fraction of sp³-hybridized carbons (Fsp3) is 0.562. The first-order valence-electron chi connectivity index (χ1n) is 6.85. The third-order valence-corrected chi connectivity index (χ3v) is 4.10. The number of nitrogens with zero attached hydrogens (tertiary/aromatic N) is 1. The molecule has 19 heavy (non-hydrogen) atoms. The number of rotatable bonds is 7. The number of thiocarbonyl (C=S) groups is 1. The van der Waals surface area contributed by atoms with E-state index in [-0.39, 0.29) is 5.41 Å². The van der Waals surface area contributed by atoms with E-state index in [1.54, 1.807) is 0 Å². The summed E-state index contributed by atoms with van der Waals surface area (Å²) in [6.07, 6.45) is 2.16. The van der Waals surface area contributed by atoms with Crippen molar-refractivity contribution >= 4 is 17.2 Å². The summed E-state index contributed by atoms with van der Waals surface area (Å²) in [5, 5.41) is 0. The lowest BCUT2D eigenvalue weighted by atomic mass is 9.88. The van der Waals surface area contributed by atoms with E-state index in [0.717, 1.165) is 25.9 Å². The van der Waals surface area contributed by atoms with Crippen LogP contribution in [0.15, 0.2) is 24.3 Å². The average molecular weight is 278 g/mol. The molecular formula is C16H26N2S. The minimum absolute atomic E-state index is 0.0283. The van der Waals surface area contributed by atoms with Crippen molar-refractivity contribution in [1.82, 2.24) is 4.90 Å². The quantitative estimate of drug-likeness (QED) is 0.774. The number of hydrogen-bond acceptors (Lipinski definition) is 2. The molecule has 0 atom stereocenters. The highest BCUT2D eigenvalue weighted by Crippen LogP contribution is 2.22. The van der Waals surface area contributed by atoms with Crippen LogP contribution in [0.25, 0.3) is 0 Å². The second-order valence-electron chi connectivity index (χ2n) is 6.08. The van der Waals surface area contributed by atoms with Crippen LogP contribution >= 0.6 is 12.2 Å². The van der Waals surface area contributed by atoms with Gasteiger partial charge in [-0.05, 0) is 38.9 Å². The monoisotopic (exact) mass is 278 g/mol. The van der Waals surface area contributed by atoms with E-state index in [4.69, 9.17) is 18.0 Å². The molecule has 0 fully saturated rings. The summed E-state index contributed by atoms with van der Waals surface area (Å²) in [5.41, 5.74) is 8.41. The molecule has 1 aromatic rings. The molecule has 3 heteroatoms. The van der Waals surface area contributed by atoms with Crippen LogP contribution in [0, 0.1) is 12.3 Å². The highest BCUT2D eigenvalue weighted by molar-refractivity contribution is 7.80. The van der Waals surface area contributed by atoms with Gasteiger partial charge in [-0.3, -0.25) is 0 Å². The van der Waals surface area contributed by atoms with Crippen molar-refractivity contribution in [2.75, 3.05) is 13.6 Å². The van der Waals surface area contributed by atoms with Crippen molar-refractivity contribution in [3.63, 3.8) is 0 Å². The van der Waals surface area contributed by atoms with E-state index in [0.29, 0.717) is 4.99 Å². The molecule has 0 aliphatic heterocycles. The summed E-state index contributed by atoms with van der Waals surface area (Å²) in [5.74, 6) is 0. The molecule has 0 spiro atoms. The van der Waals surface area contributed by atoms with Crippen molar-refractivity contribution in [3.8, 4) is 0 Å². The van der Waals surface area contributed by atoms with Crippen molar-refractivity contribution in [2.45, 2.75) is 40.2 Å². The second kappa shape index (κ2) is 7.01. The molecule has 0 amide bonds. The highest BCUT2D eigenvalue weighted by atomic mass is 32.1. The summed E-state index contributed by atoms with van der Waals surface area (Å²) in [7, 11) is 2.16. The largest absolute Gasteiger partial charge is 0.393 e. The third kappa shape index (κ3) is 5.70. The van der Waals surface area contributed by atoms with Crippen molar-refractivity contribution < 1.29 is 0 Å². The van der Waals surface area contributed by atoms with Crippen molar-refractivity contribution in [2.24, 2.45) is 11.1 Å². The van der Waals surface area contributed by atoms with Crippen LogP contribution in [0.5, 0.6) is 0 Å². The zero-order valence-electron chi connectivity index (χ0n) is 12.6. The first kappa shape index (κ1) is 16.1. The Balaban J connectivity index is 2.36. The molecule has 0 aliphatic rings. The molecule has 0 saturated carbocycles. The Labute approximate surface area is 123 Å². The Morgan fingerprint density at radius 1 is 1.37 bits per heavy atom. The van der Waals surface area contributed by atoms with Gasteiger partial charge in [-0.2, -0.15) is 0 Å². The van der Waals surface area contributed by atoms with Crippen LogP contribution in [0.1, 0.15) is 37.8 Å². The molecule has 2 nitrogen and oxygen atoms in total. The standard InChI is InChI=1S/C16H26N2S/c1-13-7-5-8-14(11-13)12-18(4)10-6-9-16(2,3)15(17)19/h5,7-8,11H,6,9-10,12H2,1-4H3,(H2,17,19). The lowest BCUT2D eigenvalue weighted by Crippen LogP contribution is -2.30. The summed E-state index contributed by atoms with van der Waals surface area (Å²) in [6, 6.07) is 8.68. The molecule has 0 aliphatic carbocycles. The van der Waals surface area contributed by atoms with Crippen LogP contribution in [0.2, 0.25) is 0 Å². The normalized spacial score (nSPS) is 11.8. The van der Waals surface area contributed by atoms with E-state index >= 15 is 0 Å². The van der Waals surface area contributed by atoms with E-state index < -0.39 is 0 Å². The molecular weight excluding hydrogens is 252 g/mol.